The van der Waals surface area contributed by atoms with E-state index < -0.39 is 0 Å². The van der Waals surface area contributed by atoms with Gasteiger partial charge < -0.3 is 10.2 Å². The van der Waals surface area contributed by atoms with Gasteiger partial charge in [0.05, 0.1) is 0 Å². The molecule has 1 N–H and O–H groups in total. The highest BCUT2D eigenvalue weighted by Crippen LogP contribution is 2.26. The maximum Gasteiger partial charge on any atom is 0.236 e. The summed E-state index contributed by atoms with van der Waals surface area (Å²) >= 11 is 1.39. The Kier molecular flexibility index (Phi) is 6.77. The monoisotopic (exact) mass is 376 g/mol. The van der Waals surface area contributed by atoms with Crippen molar-refractivity contribution < 1.29 is 0 Å². The van der Waals surface area contributed by atoms with E-state index in [9.17, 15) is 0 Å². The van der Waals surface area contributed by atoms with Crippen molar-refractivity contribution >= 4 is 22.6 Å². The van der Waals surface area contributed by atoms with Gasteiger partial charge in [-0.25, -0.2) is 0 Å². The van der Waals surface area contributed by atoms with E-state index in [4.69, 9.17) is 0 Å². The van der Waals surface area contributed by atoms with Gasteiger partial charge in [0, 0.05) is 37.1 Å². The third-order valence-electron chi connectivity index (χ3n) is 4.25. The van der Waals surface area contributed by atoms with Gasteiger partial charge in [0.25, 0.3) is 0 Å². The van der Waals surface area contributed by atoms with Crippen LogP contribution in [-0.4, -0.2) is 29.0 Å². The first-order chi connectivity index (χ1) is 13.3. The Morgan fingerprint density at radius 3 is 2.00 bits per heavy atom. The number of rotatable bonds is 10. The molecular weight excluding hydrogens is 352 g/mol. The van der Waals surface area contributed by atoms with Gasteiger partial charge in [-0.3, -0.25) is 0 Å². The SMILES string of the molecule is C=CCN(CC=C)c1nc(NCC(c2ccccc2)c2ccccc2)ns1. The van der Waals surface area contributed by atoms with Crippen molar-refractivity contribution in [3.05, 3.63) is 97.1 Å². The normalized spacial score (nSPS) is 10.6. The standard InChI is InChI=1S/C22H24N4S/c1-3-15-26(16-4-2)22-24-21(25-27-22)23-17-20(18-11-7-5-8-12-18)19-13-9-6-10-14-19/h3-14,20H,1-2,15-17H2,(H,23,25). The van der Waals surface area contributed by atoms with Crippen LogP contribution in [0.3, 0.4) is 0 Å². The second-order valence-electron chi connectivity index (χ2n) is 6.14. The smallest absolute Gasteiger partial charge is 0.236 e. The van der Waals surface area contributed by atoms with Crippen LogP contribution >= 0.6 is 11.5 Å². The molecule has 0 radical (unpaired) electrons. The molecule has 138 valence electrons. The number of nitrogens with zero attached hydrogens (tertiary/aromatic N) is 3. The molecule has 0 aliphatic rings. The lowest BCUT2D eigenvalue weighted by Crippen LogP contribution is -2.23. The molecule has 0 bridgehead atoms. The van der Waals surface area contributed by atoms with Gasteiger partial charge in [0.2, 0.25) is 11.1 Å². The zero-order chi connectivity index (χ0) is 18.9. The predicted molar refractivity (Wildman–Crippen MR) is 116 cm³/mol. The maximum atomic E-state index is 4.63. The molecule has 0 amide bonds. The lowest BCUT2D eigenvalue weighted by atomic mass is 9.91. The van der Waals surface area contributed by atoms with Crippen LogP contribution in [0.15, 0.2) is 86.0 Å². The zero-order valence-electron chi connectivity index (χ0n) is 15.3. The Morgan fingerprint density at radius 1 is 0.926 bits per heavy atom. The summed E-state index contributed by atoms with van der Waals surface area (Å²) in [5.74, 6) is 0.891. The molecular formula is C22H24N4S. The number of benzene rings is 2. The van der Waals surface area contributed by atoms with Crippen molar-refractivity contribution in [3.63, 3.8) is 0 Å². The summed E-state index contributed by atoms with van der Waals surface area (Å²) in [7, 11) is 0. The highest BCUT2D eigenvalue weighted by Gasteiger charge is 2.16. The minimum Gasteiger partial charge on any atom is -0.352 e. The molecule has 0 saturated carbocycles. The highest BCUT2D eigenvalue weighted by atomic mass is 32.1. The van der Waals surface area contributed by atoms with Crippen LogP contribution in [0.4, 0.5) is 11.1 Å². The number of nitrogens with one attached hydrogen (secondary N) is 1. The third-order valence-corrected chi connectivity index (χ3v) is 5.03. The van der Waals surface area contributed by atoms with E-state index >= 15 is 0 Å². The fourth-order valence-electron chi connectivity index (χ4n) is 2.95. The average Bonchev–Trinajstić information content (AvgIpc) is 3.18. The summed E-state index contributed by atoms with van der Waals surface area (Å²) in [6.07, 6.45) is 3.72. The molecule has 4 nitrogen and oxygen atoms in total. The fourth-order valence-corrected chi connectivity index (χ4v) is 3.62. The maximum absolute atomic E-state index is 4.63. The quantitative estimate of drug-likeness (QED) is 0.508. The molecule has 0 fully saturated rings. The molecule has 1 heterocycles. The zero-order valence-corrected chi connectivity index (χ0v) is 16.1. The summed E-state index contributed by atoms with van der Waals surface area (Å²) in [6, 6.07) is 21.0. The summed E-state index contributed by atoms with van der Waals surface area (Å²) in [4.78, 5) is 6.73. The Balaban J connectivity index is 1.74. The van der Waals surface area contributed by atoms with Crippen molar-refractivity contribution in [3.8, 4) is 0 Å². The Morgan fingerprint density at radius 2 is 1.48 bits per heavy atom. The topological polar surface area (TPSA) is 41.1 Å². The molecule has 0 spiro atoms. The van der Waals surface area contributed by atoms with Gasteiger partial charge >= 0.3 is 0 Å². The van der Waals surface area contributed by atoms with E-state index in [2.05, 4.69) is 81.3 Å². The lowest BCUT2D eigenvalue weighted by Gasteiger charge is -2.18. The van der Waals surface area contributed by atoms with E-state index in [-0.39, 0.29) is 5.92 Å². The first kappa shape index (κ1) is 18.9. The number of hydrogen-bond donors (Lipinski definition) is 1. The van der Waals surface area contributed by atoms with Gasteiger partial charge in [-0.1, -0.05) is 72.8 Å². The van der Waals surface area contributed by atoms with Crippen molar-refractivity contribution in [2.75, 3.05) is 29.9 Å². The molecule has 0 saturated heterocycles. The van der Waals surface area contributed by atoms with Gasteiger partial charge in [-0.05, 0) is 11.1 Å². The first-order valence-corrected chi connectivity index (χ1v) is 9.73. The third kappa shape index (κ3) is 5.05. The Hall–Kier alpha value is -2.92. The van der Waals surface area contributed by atoms with E-state index in [1.165, 1.54) is 22.7 Å². The Labute approximate surface area is 165 Å². The molecule has 0 atom stereocenters. The predicted octanol–water partition coefficient (Wildman–Crippen LogP) is 4.96. The summed E-state index contributed by atoms with van der Waals surface area (Å²) in [6.45, 7) is 9.78. The number of aromatic nitrogens is 2. The van der Waals surface area contributed by atoms with E-state index in [1.54, 1.807) is 0 Å². The van der Waals surface area contributed by atoms with Crippen LogP contribution in [0.1, 0.15) is 17.0 Å². The highest BCUT2D eigenvalue weighted by molar-refractivity contribution is 7.09. The molecule has 0 aliphatic heterocycles. The lowest BCUT2D eigenvalue weighted by molar-refractivity contribution is 0.844. The van der Waals surface area contributed by atoms with Crippen LogP contribution in [-0.2, 0) is 0 Å². The minimum atomic E-state index is 0.233. The largest absolute Gasteiger partial charge is 0.352 e. The van der Waals surface area contributed by atoms with E-state index in [0.717, 1.165) is 24.8 Å². The van der Waals surface area contributed by atoms with Crippen LogP contribution in [0, 0.1) is 0 Å². The second kappa shape index (κ2) is 9.69. The average molecular weight is 377 g/mol. The van der Waals surface area contributed by atoms with Gasteiger partial charge in [-0.15, -0.1) is 13.2 Å². The van der Waals surface area contributed by atoms with Crippen LogP contribution < -0.4 is 10.2 Å². The molecule has 1 aromatic heterocycles. The van der Waals surface area contributed by atoms with Crippen LogP contribution in [0.2, 0.25) is 0 Å². The van der Waals surface area contributed by atoms with E-state index in [1.807, 2.05) is 24.3 Å². The number of anilines is 2. The van der Waals surface area contributed by atoms with E-state index in [0.29, 0.717) is 5.95 Å². The van der Waals surface area contributed by atoms with Gasteiger partial charge in [-0.2, -0.15) is 9.36 Å². The van der Waals surface area contributed by atoms with Crippen molar-refractivity contribution in [1.82, 2.24) is 9.36 Å². The van der Waals surface area contributed by atoms with Gasteiger partial charge in [0.1, 0.15) is 0 Å². The van der Waals surface area contributed by atoms with Crippen molar-refractivity contribution in [1.29, 1.82) is 0 Å². The molecule has 5 heteroatoms. The van der Waals surface area contributed by atoms with Crippen molar-refractivity contribution in [2.24, 2.45) is 0 Å². The van der Waals surface area contributed by atoms with Crippen LogP contribution in [0.5, 0.6) is 0 Å². The molecule has 0 unspecified atom stereocenters. The summed E-state index contributed by atoms with van der Waals surface area (Å²) < 4.78 is 4.47. The molecule has 0 aliphatic carbocycles. The molecule has 3 rings (SSSR count). The summed E-state index contributed by atoms with van der Waals surface area (Å²) in [5, 5.41) is 4.28. The Bertz CT molecular complexity index is 796. The number of hydrogen-bond acceptors (Lipinski definition) is 5. The molecule has 2 aromatic carbocycles. The fraction of sp³-hybridized carbons (Fsp3) is 0.182. The molecule has 3 aromatic rings. The van der Waals surface area contributed by atoms with Gasteiger partial charge in [0.15, 0.2) is 0 Å². The minimum absolute atomic E-state index is 0.233. The molecule has 27 heavy (non-hydrogen) atoms. The van der Waals surface area contributed by atoms with Crippen molar-refractivity contribution in [2.45, 2.75) is 5.92 Å². The van der Waals surface area contributed by atoms with Crippen LogP contribution in [0.25, 0.3) is 0 Å². The first-order valence-electron chi connectivity index (χ1n) is 8.96. The second-order valence-corrected chi connectivity index (χ2v) is 6.87. The summed E-state index contributed by atoms with van der Waals surface area (Å²) in [5.41, 5.74) is 2.54.